The normalized spacial score (nSPS) is 10.5. The van der Waals surface area contributed by atoms with Crippen molar-refractivity contribution in [2.45, 2.75) is 0 Å². The van der Waals surface area contributed by atoms with Crippen molar-refractivity contribution in [3.8, 4) is 0 Å². The Balaban J connectivity index is 2.64. The number of Topliss-reactive ketones (excluding diaryl/α,β-unsaturated/α-hetero) is 1. The van der Waals surface area contributed by atoms with Gasteiger partial charge in [-0.05, 0) is 12.1 Å². The van der Waals surface area contributed by atoms with Crippen LogP contribution in [0.2, 0.25) is 0 Å². The highest BCUT2D eigenvalue weighted by Gasteiger charge is 2.10. The van der Waals surface area contributed by atoms with Gasteiger partial charge in [0.1, 0.15) is 0 Å². The minimum Gasteiger partial charge on any atom is -0.324 e. The molecule has 0 amide bonds. The van der Waals surface area contributed by atoms with Crippen molar-refractivity contribution in [2.75, 3.05) is 6.54 Å². The maximum Gasteiger partial charge on any atom is 0.179 e. The third kappa shape index (κ3) is 1.34. The van der Waals surface area contributed by atoms with Crippen molar-refractivity contribution in [1.29, 1.82) is 0 Å². The summed E-state index contributed by atoms with van der Waals surface area (Å²) in [4.78, 5) is 15.5. The summed E-state index contributed by atoms with van der Waals surface area (Å²) < 4.78 is 1.03. The highest BCUT2D eigenvalue weighted by Crippen LogP contribution is 2.23. The molecule has 0 fully saturated rings. The first-order valence-electron chi connectivity index (χ1n) is 3.88. The van der Waals surface area contributed by atoms with E-state index in [1.807, 2.05) is 17.5 Å². The molecule has 0 saturated heterocycles. The molecule has 2 aromatic heterocycles. The molecule has 0 aliphatic rings. The molecule has 2 heterocycles. The zero-order valence-electron chi connectivity index (χ0n) is 6.86. The van der Waals surface area contributed by atoms with Gasteiger partial charge in [-0.15, -0.1) is 11.3 Å². The summed E-state index contributed by atoms with van der Waals surface area (Å²) in [6, 6.07) is 3.80. The van der Waals surface area contributed by atoms with E-state index < -0.39 is 0 Å². The van der Waals surface area contributed by atoms with E-state index in [1.54, 1.807) is 6.20 Å². The molecule has 4 heteroatoms. The van der Waals surface area contributed by atoms with Crippen LogP contribution in [-0.2, 0) is 0 Å². The van der Waals surface area contributed by atoms with Gasteiger partial charge in [-0.25, -0.2) is 0 Å². The van der Waals surface area contributed by atoms with Gasteiger partial charge in [0, 0.05) is 11.6 Å². The number of carbonyl (C=O) groups excluding carboxylic acids is 1. The third-order valence-corrected chi connectivity index (χ3v) is 2.75. The van der Waals surface area contributed by atoms with Gasteiger partial charge in [0.25, 0.3) is 0 Å². The number of ketones is 1. The predicted molar refractivity (Wildman–Crippen MR) is 53.0 cm³/mol. The van der Waals surface area contributed by atoms with Crippen LogP contribution in [0.5, 0.6) is 0 Å². The van der Waals surface area contributed by atoms with Gasteiger partial charge in [0.05, 0.1) is 22.3 Å². The Labute approximate surface area is 79.2 Å². The lowest BCUT2D eigenvalue weighted by Gasteiger charge is -1.93. The number of hydrogen-bond acceptors (Lipinski definition) is 4. The van der Waals surface area contributed by atoms with Gasteiger partial charge in [-0.2, -0.15) is 0 Å². The van der Waals surface area contributed by atoms with Crippen LogP contribution >= 0.6 is 11.3 Å². The number of thiophene rings is 1. The summed E-state index contributed by atoms with van der Waals surface area (Å²) >= 11 is 1.52. The molecule has 0 aromatic carbocycles. The molecular weight excluding hydrogens is 184 g/mol. The quantitative estimate of drug-likeness (QED) is 0.732. The topological polar surface area (TPSA) is 56.0 Å². The smallest absolute Gasteiger partial charge is 0.179 e. The fourth-order valence-electron chi connectivity index (χ4n) is 1.17. The monoisotopic (exact) mass is 192 g/mol. The average molecular weight is 192 g/mol. The number of pyridine rings is 1. The lowest BCUT2D eigenvalue weighted by Crippen LogP contribution is -2.13. The van der Waals surface area contributed by atoms with E-state index in [1.165, 1.54) is 11.3 Å². The van der Waals surface area contributed by atoms with Crippen LogP contribution in [0.1, 0.15) is 10.4 Å². The van der Waals surface area contributed by atoms with Crippen LogP contribution in [0.3, 0.4) is 0 Å². The van der Waals surface area contributed by atoms with Crippen molar-refractivity contribution in [2.24, 2.45) is 5.73 Å². The Hall–Kier alpha value is -1.26. The molecule has 0 aliphatic heterocycles. The fourth-order valence-corrected chi connectivity index (χ4v) is 2.09. The Morgan fingerprint density at radius 1 is 1.62 bits per heavy atom. The first-order valence-corrected chi connectivity index (χ1v) is 4.76. The van der Waals surface area contributed by atoms with Gasteiger partial charge in [0.2, 0.25) is 0 Å². The van der Waals surface area contributed by atoms with Gasteiger partial charge < -0.3 is 5.73 Å². The summed E-state index contributed by atoms with van der Waals surface area (Å²) in [6.45, 7) is 0.0441. The largest absolute Gasteiger partial charge is 0.324 e. The maximum atomic E-state index is 11.3. The molecule has 0 atom stereocenters. The summed E-state index contributed by atoms with van der Waals surface area (Å²) in [5.74, 6) is -0.0510. The van der Waals surface area contributed by atoms with Crippen LogP contribution in [-0.4, -0.2) is 17.3 Å². The summed E-state index contributed by atoms with van der Waals surface area (Å²) in [5, 5.41) is 1.81. The second kappa shape index (κ2) is 3.24. The Kier molecular flexibility index (Phi) is 2.08. The molecule has 0 aliphatic carbocycles. The molecule has 2 N–H and O–H groups in total. The second-order valence-corrected chi connectivity index (χ2v) is 3.54. The Bertz CT molecular complexity index is 450. The lowest BCUT2D eigenvalue weighted by atomic mass is 10.2. The van der Waals surface area contributed by atoms with Crippen molar-refractivity contribution >= 4 is 27.3 Å². The van der Waals surface area contributed by atoms with Gasteiger partial charge >= 0.3 is 0 Å². The highest BCUT2D eigenvalue weighted by molar-refractivity contribution is 7.17. The first-order chi connectivity index (χ1) is 6.33. The van der Waals surface area contributed by atoms with E-state index in [9.17, 15) is 4.79 Å². The van der Waals surface area contributed by atoms with Crippen LogP contribution in [0.4, 0.5) is 0 Å². The number of fused-ring (bicyclic) bond motifs is 1. The SMILES string of the molecule is NCC(=O)c1csc2cccnc12. The number of carbonyl (C=O) groups is 1. The van der Waals surface area contributed by atoms with Gasteiger partial charge in [-0.3, -0.25) is 9.78 Å². The zero-order valence-corrected chi connectivity index (χ0v) is 7.67. The van der Waals surface area contributed by atoms with Crippen molar-refractivity contribution < 1.29 is 4.79 Å². The fraction of sp³-hybridized carbons (Fsp3) is 0.111. The van der Waals surface area contributed by atoms with Crippen molar-refractivity contribution in [3.63, 3.8) is 0 Å². The molecule has 0 spiro atoms. The summed E-state index contributed by atoms with van der Waals surface area (Å²) in [5.41, 5.74) is 6.69. The van der Waals surface area contributed by atoms with Crippen LogP contribution in [0.25, 0.3) is 10.2 Å². The van der Waals surface area contributed by atoms with Crippen molar-refractivity contribution in [3.05, 3.63) is 29.3 Å². The Morgan fingerprint density at radius 3 is 3.23 bits per heavy atom. The van der Waals surface area contributed by atoms with E-state index >= 15 is 0 Å². The molecule has 66 valence electrons. The molecule has 3 nitrogen and oxygen atoms in total. The molecule has 13 heavy (non-hydrogen) atoms. The molecular formula is C9H8N2OS. The summed E-state index contributed by atoms with van der Waals surface area (Å²) in [6.07, 6.45) is 1.68. The lowest BCUT2D eigenvalue weighted by molar-refractivity contribution is 0.100. The minimum atomic E-state index is -0.0510. The third-order valence-electron chi connectivity index (χ3n) is 1.82. The number of rotatable bonds is 2. The standard InChI is InChI=1S/C9H8N2OS/c10-4-7(12)6-5-13-8-2-1-3-11-9(6)8/h1-3,5H,4,10H2. The molecule has 2 aromatic rings. The number of nitrogens with zero attached hydrogens (tertiary/aromatic N) is 1. The van der Waals surface area contributed by atoms with Crippen LogP contribution < -0.4 is 5.73 Å². The molecule has 0 bridgehead atoms. The second-order valence-electron chi connectivity index (χ2n) is 2.63. The highest BCUT2D eigenvalue weighted by atomic mass is 32.1. The minimum absolute atomic E-state index is 0.0441. The summed E-state index contributed by atoms with van der Waals surface area (Å²) in [7, 11) is 0. The number of aromatic nitrogens is 1. The van der Waals surface area contributed by atoms with E-state index in [2.05, 4.69) is 4.98 Å². The first kappa shape index (κ1) is 8.34. The average Bonchev–Trinajstić information content (AvgIpc) is 2.60. The molecule has 0 unspecified atom stereocenters. The zero-order chi connectivity index (χ0) is 9.26. The van der Waals surface area contributed by atoms with Gasteiger partial charge in [0.15, 0.2) is 5.78 Å². The number of hydrogen-bond donors (Lipinski definition) is 1. The van der Waals surface area contributed by atoms with Gasteiger partial charge in [-0.1, -0.05) is 0 Å². The molecule has 2 rings (SSSR count). The molecule has 0 radical (unpaired) electrons. The molecule has 0 saturated carbocycles. The van der Waals surface area contributed by atoms with Crippen molar-refractivity contribution in [1.82, 2.24) is 4.98 Å². The van der Waals surface area contributed by atoms with E-state index in [4.69, 9.17) is 5.73 Å². The van der Waals surface area contributed by atoms with E-state index in [-0.39, 0.29) is 12.3 Å². The van der Waals surface area contributed by atoms with Crippen LogP contribution in [0.15, 0.2) is 23.7 Å². The van der Waals surface area contributed by atoms with E-state index in [0.29, 0.717) is 5.56 Å². The maximum absolute atomic E-state index is 11.3. The predicted octanol–water partition coefficient (Wildman–Crippen LogP) is 1.44. The van der Waals surface area contributed by atoms with Crippen LogP contribution in [0, 0.1) is 0 Å². The van der Waals surface area contributed by atoms with E-state index in [0.717, 1.165) is 10.2 Å². The number of nitrogens with two attached hydrogens (primary N) is 1. The Morgan fingerprint density at radius 2 is 2.46 bits per heavy atom.